The lowest BCUT2D eigenvalue weighted by Crippen LogP contribution is -2.12. The molecule has 0 aliphatic rings. The molecule has 23 heavy (non-hydrogen) atoms. The van der Waals surface area contributed by atoms with Crippen LogP contribution >= 0.6 is 11.6 Å². The molecule has 10 heteroatoms. The molecule has 0 spiro atoms. The van der Waals surface area contributed by atoms with Gasteiger partial charge in [-0.3, -0.25) is 20.2 Å². The van der Waals surface area contributed by atoms with E-state index in [0.717, 1.165) is 0 Å². The van der Waals surface area contributed by atoms with Crippen molar-refractivity contribution in [1.29, 1.82) is 0 Å². The van der Waals surface area contributed by atoms with Crippen molar-refractivity contribution < 1.29 is 23.0 Å². The minimum absolute atomic E-state index is 0.0833. The maximum absolute atomic E-state index is 12.8. The van der Waals surface area contributed by atoms with E-state index in [-0.39, 0.29) is 17.9 Å². The van der Waals surface area contributed by atoms with Crippen LogP contribution in [0.25, 0.3) is 0 Å². The van der Waals surface area contributed by atoms with Crippen LogP contribution in [-0.2, 0) is 6.18 Å². The summed E-state index contributed by atoms with van der Waals surface area (Å²) in [6.07, 6.45) is -3.82. The molecule has 0 radical (unpaired) electrons. The Balaban J connectivity index is 3.70. The van der Waals surface area contributed by atoms with Gasteiger partial charge < -0.3 is 0 Å². The van der Waals surface area contributed by atoms with Gasteiger partial charge in [-0.1, -0.05) is 13.3 Å². The third-order valence-electron chi connectivity index (χ3n) is 3.36. The molecule has 1 aromatic carbocycles. The van der Waals surface area contributed by atoms with Gasteiger partial charge in [-0.25, -0.2) is 0 Å². The van der Waals surface area contributed by atoms with Gasteiger partial charge in [-0.05, 0) is 18.8 Å². The quantitative estimate of drug-likeness (QED) is 0.390. The van der Waals surface area contributed by atoms with Gasteiger partial charge in [0, 0.05) is 18.0 Å². The first-order valence-electron chi connectivity index (χ1n) is 6.73. The highest BCUT2D eigenvalue weighted by Gasteiger charge is 2.39. The van der Waals surface area contributed by atoms with E-state index in [9.17, 15) is 33.4 Å². The van der Waals surface area contributed by atoms with Crippen molar-refractivity contribution in [1.82, 2.24) is 0 Å². The van der Waals surface area contributed by atoms with Gasteiger partial charge in [-0.15, -0.1) is 11.6 Å². The van der Waals surface area contributed by atoms with Gasteiger partial charge in [0.1, 0.15) is 5.56 Å². The Morgan fingerprint density at radius 1 is 1.13 bits per heavy atom. The summed E-state index contributed by atoms with van der Waals surface area (Å²) in [4.78, 5) is 20.3. The summed E-state index contributed by atoms with van der Waals surface area (Å²) in [5.41, 5.74) is -3.50. The van der Waals surface area contributed by atoms with E-state index in [4.69, 9.17) is 11.6 Å². The fourth-order valence-corrected chi connectivity index (χ4v) is 2.68. The molecule has 0 aliphatic heterocycles. The van der Waals surface area contributed by atoms with Crippen LogP contribution in [0.3, 0.4) is 0 Å². The third-order valence-corrected chi connectivity index (χ3v) is 3.58. The van der Waals surface area contributed by atoms with Gasteiger partial charge in [0.2, 0.25) is 0 Å². The number of hydrogen-bond acceptors (Lipinski definition) is 4. The van der Waals surface area contributed by atoms with Gasteiger partial charge in [0.05, 0.1) is 15.4 Å². The second kappa shape index (κ2) is 7.58. The minimum atomic E-state index is -4.92. The van der Waals surface area contributed by atoms with E-state index in [2.05, 4.69) is 0 Å². The molecular weight excluding hydrogens is 341 g/mol. The Hall–Kier alpha value is -1.90. The van der Waals surface area contributed by atoms with Crippen LogP contribution < -0.4 is 0 Å². The second-order valence-electron chi connectivity index (χ2n) is 4.90. The second-order valence-corrected chi connectivity index (χ2v) is 5.28. The van der Waals surface area contributed by atoms with Crippen LogP contribution in [-0.4, -0.2) is 15.7 Å². The number of nitro benzene ring substituents is 2. The van der Waals surface area contributed by atoms with Crippen LogP contribution in [0.5, 0.6) is 0 Å². The largest absolute Gasteiger partial charge is 0.416 e. The van der Waals surface area contributed by atoms with Gasteiger partial charge >= 0.3 is 6.18 Å². The molecular formula is C13H14ClF3N2O4. The first kappa shape index (κ1) is 19.1. The van der Waals surface area contributed by atoms with Crippen molar-refractivity contribution in [3.05, 3.63) is 43.5 Å². The third kappa shape index (κ3) is 4.54. The van der Waals surface area contributed by atoms with E-state index in [1.807, 2.05) is 0 Å². The van der Waals surface area contributed by atoms with Crippen LogP contribution in [0.2, 0.25) is 0 Å². The first-order valence-corrected chi connectivity index (χ1v) is 7.26. The number of halogens is 4. The summed E-state index contributed by atoms with van der Waals surface area (Å²) in [7, 11) is 0. The SMILES string of the molecule is CCCC(CCCl)c1c([N+](=O)[O-])cc(C(F)(F)F)cc1[N+](=O)[O-]. The van der Waals surface area contributed by atoms with E-state index in [1.165, 1.54) is 0 Å². The molecule has 0 aromatic heterocycles. The number of rotatable bonds is 7. The standard InChI is InChI=1S/C13H14ClF3N2O4/c1-2-3-8(4-5-14)12-10(18(20)21)6-9(13(15,16)17)7-11(12)19(22)23/h6-8H,2-5H2,1H3. The van der Waals surface area contributed by atoms with Crippen molar-refractivity contribution in [2.45, 2.75) is 38.3 Å². The molecule has 1 atom stereocenters. The fourth-order valence-electron chi connectivity index (χ4n) is 2.42. The van der Waals surface area contributed by atoms with E-state index in [0.29, 0.717) is 25.0 Å². The molecule has 0 saturated heterocycles. The zero-order valence-corrected chi connectivity index (χ0v) is 12.9. The van der Waals surface area contributed by atoms with Crippen molar-refractivity contribution in [2.24, 2.45) is 0 Å². The topological polar surface area (TPSA) is 86.3 Å². The number of nitro groups is 2. The molecule has 1 rings (SSSR count). The average molecular weight is 355 g/mol. The van der Waals surface area contributed by atoms with Crippen LogP contribution in [0.15, 0.2) is 12.1 Å². The van der Waals surface area contributed by atoms with E-state index >= 15 is 0 Å². The molecule has 0 aliphatic carbocycles. The van der Waals surface area contributed by atoms with Crippen molar-refractivity contribution in [3.8, 4) is 0 Å². The molecule has 1 aromatic rings. The van der Waals surface area contributed by atoms with Crippen molar-refractivity contribution >= 4 is 23.0 Å². The summed E-state index contributed by atoms with van der Waals surface area (Å²) in [5.74, 6) is -0.569. The smallest absolute Gasteiger partial charge is 0.258 e. The van der Waals surface area contributed by atoms with Gasteiger partial charge in [0.25, 0.3) is 11.4 Å². The summed E-state index contributed by atoms with van der Waals surface area (Å²) in [6, 6.07) is 0.693. The Kier molecular flexibility index (Phi) is 6.31. The Labute approximate surface area is 134 Å². The molecule has 0 bridgehead atoms. The Bertz CT molecular complexity index is 566. The molecule has 0 saturated carbocycles. The summed E-state index contributed by atoms with van der Waals surface area (Å²) in [6.45, 7) is 1.77. The molecule has 6 nitrogen and oxygen atoms in total. The molecule has 1 unspecified atom stereocenters. The van der Waals surface area contributed by atoms with Crippen LogP contribution in [0.4, 0.5) is 24.5 Å². The summed E-state index contributed by atoms with van der Waals surface area (Å²) < 4.78 is 38.5. The highest BCUT2D eigenvalue weighted by Crippen LogP contribution is 2.43. The predicted molar refractivity (Wildman–Crippen MR) is 77.7 cm³/mol. The predicted octanol–water partition coefficient (Wildman–Crippen LogP) is 5.03. The van der Waals surface area contributed by atoms with Gasteiger partial charge in [-0.2, -0.15) is 13.2 Å². The van der Waals surface area contributed by atoms with Crippen LogP contribution in [0.1, 0.15) is 43.2 Å². The highest BCUT2D eigenvalue weighted by atomic mass is 35.5. The number of benzene rings is 1. The maximum atomic E-state index is 12.8. The van der Waals surface area contributed by atoms with Crippen LogP contribution in [0, 0.1) is 20.2 Å². The molecule has 0 heterocycles. The lowest BCUT2D eigenvalue weighted by atomic mass is 9.88. The molecule has 0 amide bonds. The number of nitrogens with zero attached hydrogens (tertiary/aromatic N) is 2. The Morgan fingerprint density at radius 2 is 1.61 bits per heavy atom. The lowest BCUT2D eigenvalue weighted by molar-refractivity contribution is -0.396. The molecule has 0 N–H and O–H groups in total. The van der Waals surface area contributed by atoms with Crippen molar-refractivity contribution in [2.75, 3.05) is 5.88 Å². The first-order chi connectivity index (χ1) is 10.6. The Morgan fingerprint density at radius 3 is 1.91 bits per heavy atom. The van der Waals surface area contributed by atoms with E-state index < -0.39 is 38.9 Å². The molecule has 0 fully saturated rings. The van der Waals surface area contributed by atoms with Crippen molar-refractivity contribution in [3.63, 3.8) is 0 Å². The number of hydrogen-bond donors (Lipinski definition) is 0. The highest BCUT2D eigenvalue weighted by molar-refractivity contribution is 6.17. The monoisotopic (exact) mass is 354 g/mol. The summed E-state index contributed by atoms with van der Waals surface area (Å²) >= 11 is 5.63. The molecule has 128 valence electrons. The van der Waals surface area contributed by atoms with Gasteiger partial charge in [0.15, 0.2) is 0 Å². The number of alkyl halides is 4. The maximum Gasteiger partial charge on any atom is 0.416 e. The zero-order valence-electron chi connectivity index (χ0n) is 12.1. The average Bonchev–Trinajstić information content (AvgIpc) is 2.44. The fraction of sp³-hybridized carbons (Fsp3) is 0.538. The normalized spacial score (nSPS) is 12.9. The lowest BCUT2D eigenvalue weighted by Gasteiger charge is -2.17. The minimum Gasteiger partial charge on any atom is -0.258 e. The van der Waals surface area contributed by atoms with E-state index in [1.54, 1.807) is 6.92 Å². The summed E-state index contributed by atoms with van der Waals surface area (Å²) in [5, 5.41) is 22.3. The zero-order chi connectivity index (χ0) is 17.8.